The number of allylic oxidation sites excluding steroid dienone is 1. The first-order valence-corrected chi connectivity index (χ1v) is 4.57. The fourth-order valence-corrected chi connectivity index (χ4v) is 2.03. The minimum atomic E-state index is 0.191. The standard InChI is InChI=1S/C12H14O/c1-3-12(2)7-9-4-5-11(13)6-10(9)8-12/h3-6,13H,1,7-8H2,2H3/t12-/m0/s1. The number of hydrogen-bond acceptors (Lipinski definition) is 1. The Morgan fingerprint density at radius 3 is 2.77 bits per heavy atom. The van der Waals surface area contributed by atoms with E-state index in [0.29, 0.717) is 5.75 Å². The van der Waals surface area contributed by atoms with Crippen LogP contribution in [0.5, 0.6) is 5.75 Å². The smallest absolute Gasteiger partial charge is 0.115 e. The van der Waals surface area contributed by atoms with E-state index in [0.717, 1.165) is 12.8 Å². The van der Waals surface area contributed by atoms with E-state index in [1.165, 1.54) is 11.1 Å². The van der Waals surface area contributed by atoms with Gasteiger partial charge >= 0.3 is 0 Å². The van der Waals surface area contributed by atoms with E-state index in [4.69, 9.17) is 0 Å². The van der Waals surface area contributed by atoms with E-state index < -0.39 is 0 Å². The maximum Gasteiger partial charge on any atom is 0.115 e. The summed E-state index contributed by atoms with van der Waals surface area (Å²) in [6.07, 6.45) is 4.07. The number of hydrogen-bond donors (Lipinski definition) is 1. The van der Waals surface area contributed by atoms with Gasteiger partial charge in [-0.15, -0.1) is 6.58 Å². The summed E-state index contributed by atoms with van der Waals surface area (Å²) in [6, 6.07) is 5.64. The summed E-state index contributed by atoms with van der Waals surface area (Å²) in [7, 11) is 0. The summed E-state index contributed by atoms with van der Waals surface area (Å²) in [6.45, 7) is 6.06. The molecule has 0 fully saturated rings. The van der Waals surface area contributed by atoms with Crippen molar-refractivity contribution in [2.75, 3.05) is 0 Å². The first-order valence-electron chi connectivity index (χ1n) is 4.57. The van der Waals surface area contributed by atoms with Crippen molar-refractivity contribution in [3.8, 4) is 5.75 Å². The van der Waals surface area contributed by atoms with Crippen molar-refractivity contribution in [3.63, 3.8) is 0 Å². The van der Waals surface area contributed by atoms with Gasteiger partial charge in [0.15, 0.2) is 0 Å². The Balaban J connectivity index is 2.40. The highest BCUT2D eigenvalue weighted by atomic mass is 16.3. The summed E-state index contributed by atoms with van der Waals surface area (Å²) in [4.78, 5) is 0. The van der Waals surface area contributed by atoms with Crippen molar-refractivity contribution in [2.24, 2.45) is 5.41 Å². The third-order valence-corrected chi connectivity index (χ3v) is 2.87. The fraction of sp³-hybridized carbons (Fsp3) is 0.333. The summed E-state index contributed by atoms with van der Waals surface area (Å²) in [5, 5.41) is 9.31. The highest BCUT2D eigenvalue weighted by molar-refractivity contribution is 5.40. The van der Waals surface area contributed by atoms with Crippen LogP contribution in [0.2, 0.25) is 0 Å². The Kier molecular flexibility index (Phi) is 1.69. The lowest BCUT2D eigenvalue weighted by Gasteiger charge is -2.16. The van der Waals surface area contributed by atoms with Gasteiger partial charge in [-0.05, 0) is 41.5 Å². The Hall–Kier alpha value is -1.24. The van der Waals surface area contributed by atoms with Crippen LogP contribution in [-0.2, 0) is 12.8 Å². The second-order valence-electron chi connectivity index (χ2n) is 4.16. The van der Waals surface area contributed by atoms with Gasteiger partial charge in [-0.2, -0.15) is 0 Å². The van der Waals surface area contributed by atoms with Crippen LogP contribution >= 0.6 is 0 Å². The largest absolute Gasteiger partial charge is 0.508 e. The zero-order valence-electron chi connectivity index (χ0n) is 7.88. The number of phenols is 1. The van der Waals surface area contributed by atoms with Gasteiger partial charge in [0.1, 0.15) is 5.75 Å². The van der Waals surface area contributed by atoms with Gasteiger partial charge in [-0.25, -0.2) is 0 Å². The van der Waals surface area contributed by atoms with Crippen LogP contribution in [0.15, 0.2) is 30.9 Å². The summed E-state index contributed by atoms with van der Waals surface area (Å²) in [5.41, 5.74) is 2.80. The predicted octanol–water partition coefficient (Wildman–Crippen LogP) is 2.68. The third-order valence-electron chi connectivity index (χ3n) is 2.87. The van der Waals surface area contributed by atoms with E-state index in [2.05, 4.69) is 13.5 Å². The van der Waals surface area contributed by atoms with Gasteiger partial charge in [-0.3, -0.25) is 0 Å². The lowest BCUT2D eigenvalue weighted by Crippen LogP contribution is -2.11. The van der Waals surface area contributed by atoms with Crippen molar-refractivity contribution < 1.29 is 5.11 Å². The van der Waals surface area contributed by atoms with Gasteiger partial charge < -0.3 is 5.11 Å². The molecular formula is C12H14O. The van der Waals surface area contributed by atoms with Gasteiger partial charge in [0, 0.05) is 0 Å². The van der Waals surface area contributed by atoms with Crippen molar-refractivity contribution >= 4 is 0 Å². The molecule has 1 aromatic rings. The highest BCUT2D eigenvalue weighted by Crippen LogP contribution is 2.38. The molecule has 1 N–H and O–H groups in total. The van der Waals surface area contributed by atoms with Crippen LogP contribution in [-0.4, -0.2) is 5.11 Å². The van der Waals surface area contributed by atoms with E-state index in [1.807, 2.05) is 18.2 Å². The monoisotopic (exact) mass is 174 g/mol. The van der Waals surface area contributed by atoms with Gasteiger partial charge in [0.05, 0.1) is 0 Å². The maximum atomic E-state index is 9.31. The molecule has 13 heavy (non-hydrogen) atoms. The molecule has 68 valence electrons. The lowest BCUT2D eigenvalue weighted by molar-refractivity contribution is 0.458. The average Bonchev–Trinajstić information content (AvgIpc) is 2.42. The van der Waals surface area contributed by atoms with E-state index in [1.54, 1.807) is 6.07 Å². The van der Waals surface area contributed by atoms with Crippen molar-refractivity contribution in [1.82, 2.24) is 0 Å². The molecule has 2 rings (SSSR count). The SMILES string of the molecule is C=C[C@@]1(C)Cc2ccc(O)cc2C1. The minimum absolute atomic E-state index is 0.191. The maximum absolute atomic E-state index is 9.31. The Morgan fingerprint density at radius 1 is 1.38 bits per heavy atom. The Labute approximate surface area is 78.7 Å². The Morgan fingerprint density at radius 2 is 2.08 bits per heavy atom. The molecule has 0 aromatic heterocycles. The molecule has 0 heterocycles. The van der Waals surface area contributed by atoms with Gasteiger partial charge in [0.25, 0.3) is 0 Å². The summed E-state index contributed by atoms with van der Waals surface area (Å²) >= 11 is 0. The molecular weight excluding hydrogens is 160 g/mol. The molecule has 0 amide bonds. The molecule has 1 aliphatic rings. The van der Waals surface area contributed by atoms with Crippen LogP contribution in [0.1, 0.15) is 18.1 Å². The first kappa shape index (κ1) is 8.36. The molecule has 1 aromatic carbocycles. The minimum Gasteiger partial charge on any atom is -0.508 e. The Bertz CT molecular complexity index is 354. The zero-order chi connectivity index (χ0) is 9.47. The van der Waals surface area contributed by atoms with Crippen molar-refractivity contribution in [3.05, 3.63) is 42.0 Å². The molecule has 1 nitrogen and oxygen atoms in total. The summed E-state index contributed by atoms with van der Waals surface area (Å²) < 4.78 is 0. The molecule has 0 unspecified atom stereocenters. The van der Waals surface area contributed by atoms with Gasteiger partial charge in [0.2, 0.25) is 0 Å². The number of benzene rings is 1. The second kappa shape index (κ2) is 2.63. The molecule has 0 aliphatic heterocycles. The van der Waals surface area contributed by atoms with Crippen LogP contribution in [0, 0.1) is 5.41 Å². The molecule has 0 radical (unpaired) electrons. The lowest BCUT2D eigenvalue weighted by atomic mass is 9.88. The highest BCUT2D eigenvalue weighted by Gasteiger charge is 2.29. The molecule has 0 saturated carbocycles. The van der Waals surface area contributed by atoms with Crippen LogP contribution < -0.4 is 0 Å². The second-order valence-corrected chi connectivity index (χ2v) is 4.16. The van der Waals surface area contributed by atoms with Crippen molar-refractivity contribution in [2.45, 2.75) is 19.8 Å². The van der Waals surface area contributed by atoms with Crippen LogP contribution in [0.3, 0.4) is 0 Å². The molecule has 0 spiro atoms. The van der Waals surface area contributed by atoms with Crippen molar-refractivity contribution in [1.29, 1.82) is 0 Å². The molecule has 1 atom stereocenters. The number of fused-ring (bicyclic) bond motifs is 1. The molecule has 1 heteroatoms. The predicted molar refractivity (Wildman–Crippen MR) is 53.8 cm³/mol. The number of aromatic hydroxyl groups is 1. The van der Waals surface area contributed by atoms with Crippen LogP contribution in [0.4, 0.5) is 0 Å². The quantitative estimate of drug-likeness (QED) is 0.649. The molecule has 0 bridgehead atoms. The molecule has 0 saturated heterocycles. The number of phenolic OH excluding ortho intramolecular Hbond substituents is 1. The first-order chi connectivity index (χ1) is 6.13. The van der Waals surface area contributed by atoms with E-state index in [9.17, 15) is 5.11 Å². The summed E-state index contributed by atoms with van der Waals surface area (Å²) in [5.74, 6) is 0.368. The topological polar surface area (TPSA) is 20.2 Å². The number of rotatable bonds is 1. The van der Waals surface area contributed by atoms with Gasteiger partial charge in [-0.1, -0.05) is 19.1 Å². The van der Waals surface area contributed by atoms with Crippen LogP contribution in [0.25, 0.3) is 0 Å². The normalized spacial score (nSPS) is 25.6. The van der Waals surface area contributed by atoms with E-state index in [-0.39, 0.29) is 5.41 Å². The fourth-order valence-electron chi connectivity index (χ4n) is 2.03. The third kappa shape index (κ3) is 1.35. The average molecular weight is 174 g/mol. The van der Waals surface area contributed by atoms with E-state index >= 15 is 0 Å². The molecule has 1 aliphatic carbocycles. The zero-order valence-corrected chi connectivity index (χ0v) is 7.88.